The van der Waals surface area contributed by atoms with E-state index in [0.29, 0.717) is 6.04 Å². The molecule has 1 rings (SSSR count). The lowest BCUT2D eigenvalue weighted by Gasteiger charge is -2.19. The van der Waals surface area contributed by atoms with Crippen LogP contribution in [0.3, 0.4) is 0 Å². The number of hydrogen-bond donors (Lipinski definition) is 1. The summed E-state index contributed by atoms with van der Waals surface area (Å²) in [4.78, 5) is 0. The fourth-order valence-corrected chi connectivity index (χ4v) is 2.42. The molecule has 2 atom stereocenters. The molecular formula is C16H30N2. The van der Waals surface area contributed by atoms with Gasteiger partial charge in [-0.15, -0.1) is 0 Å². The summed E-state index contributed by atoms with van der Waals surface area (Å²) in [5.74, 6) is 0.814. The summed E-state index contributed by atoms with van der Waals surface area (Å²) in [5.41, 5.74) is 7.47. The molecule has 0 aliphatic carbocycles. The van der Waals surface area contributed by atoms with Crippen molar-refractivity contribution in [2.45, 2.75) is 71.9 Å². The van der Waals surface area contributed by atoms with Gasteiger partial charge < -0.3 is 10.3 Å². The van der Waals surface area contributed by atoms with Gasteiger partial charge in [-0.05, 0) is 30.9 Å². The quantitative estimate of drug-likeness (QED) is 0.706. The summed E-state index contributed by atoms with van der Waals surface area (Å²) >= 11 is 0. The first-order valence-corrected chi connectivity index (χ1v) is 7.60. The molecule has 2 unspecified atom stereocenters. The minimum atomic E-state index is 0.300. The number of rotatable bonds is 9. The third kappa shape index (κ3) is 4.85. The number of hydrogen-bond acceptors (Lipinski definition) is 1. The molecule has 0 bridgehead atoms. The summed E-state index contributed by atoms with van der Waals surface area (Å²) in [6.45, 7) is 7.90. The highest BCUT2D eigenvalue weighted by Gasteiger charge is 2.10. The summed E-state index contributed by atoms with van der Waals surface area (Å²) in [6, 6.07) is 4.68. The Balaban J connectivity index is 2.57. The molecule has 0 amide bonds. The Morgan fingerprint density at radius 3 is 2.61 bits per heavy atom. The third-order valence-electron chi connectivity index (χ3n) is 3.92. The van der Waals surface area contributed by atoms with Crippen LogP contribution in [0.5, 0.6) is 0 Å². The molecule has 1 heterocycles. The fraction of sp³-hybridized carbons (Fsp3) is 0.750. The van der Waals surface area contributed by atoms with E-state index in [4.69, 9.17) is 5.73 Å². The summed E-state index contributed by atoms with van der Waals surface area (Å²) in [5, 5.41) is 0. The van der Waals surface area contributed by atoms with Crippen LogP contribution in [0, 0.1) is 5.92 Å². The standard InChI is InChI=1S/C16H30N2/c1-4-7-9-14(5-2)13-18-11-8-10-16(18)12-15(17)6-3/h8,10-11,14-15H,4-7,9,12-13,17H2,1-3H3. The third-order valence-corrected chi connectivity index (χ3v) is 3.92. The van der Waals surface area contributed by atoms with Gasteiger partial charge in [0.15, 0.2) is 0 Å². The van der Waals surface area contributed by atoms with Crippen LogP contribution in [0.2, 0.25) is 0 Å². The van der Waals surface area contributed by atoms with Gasteiger partial charge in [0.2, 0.25) is 0 Å². The molecule has 2 nitrogen and oxygen atoms in total. The molecule has 0 aromatic carbocycles. The van der Waals surface area contributed by atoms with Crippen molar-refractivity contribution in [2.75, 3.05) is 0 Å². The Hall–Kier alpha value is -0.760. The van der Waals surface area contributed by atoms with Crippen LogP contribution in [-0.2, 0) is 13.0 Å². The van der Waals surface area contributed by atoms with E-state index in [-0.39, 0.29) is 0 Å². The van der Waals surface area contributed by atoms with Crippen molar-refractivity contribution in [3.63, 3.8) is 0 Å². The number of nitrogens with two attached hydrogens (primary N) is 1. The lowest BCUT2D eigenvalue weighted by atomic mass is 9.99. The van der Waals surface area contributed by atoms with Crippen molar-refractivity contribution in [1.82, 2.24) is 4.57 Å². The van der Waals surface area contributed by atoms with E-state index in [0.717, 1.165) is 25.3 Å². The Morgan fingerprint density at radius 2 is 2.00 bits per heavy atom. The van der Waals surface area contributed by atoms with E-state index >= 15 is 0 Å². The van der Waals surface area contributed by atoms with Crippen molar-refractivity contribution < 1.29 is 0 Å². The second-order valence-electron chi connectivity index (χ2n) is 5.44. The average Bonchev–Trinajstić information content (AvgIpc) is 2.81. The van der Waals surface area contributed by atoms with Crippen LogP contribution in [-0.4, -0.2) is 10.6 Å². The molecule has 1 aromatic heterocycles. The summed E-state index contributed by atoms with van der Waals surface area (Å²) in [7, 11) is 0. The fourth-order valence-electron chi connectivity index (χ4n) is 2.42. The number of aromatic nitrogens is 1. The SMILES string of the molecule is CCCCC(CC)Cn1cccc1CC(N)CC. The van der Waals surface area contributed by atoms with Crippen LogP contribution < -0.4 is 5.73 Å². The van der Waals surface area contributed by atoms with Crippen LogP contribution in [0.15, 0.2) is 18.3 Å². The van der Waals surface area contributed by atoms with Crippen LogP contribution in [0.25, 0.3) is 0 Å². The molecule has 0 saturated heterocycles. The lowest BCUT2D eigenvalue weighted by Crippen LogP contribution is -2.23. The molecule has 0 saturated carbocycles. The Kier molecular flexibility index (Phi) is 7.11. The van der Waals surface area contributed by atoms with Gasteiger partial charge in [-0.25, -0.2) is 0 Å². The van der Waals surface area contributed by atoms with E-state index in [1.54, 1.807) is 0 Å². The molecule has 0 aliphatic rings. The smallest absolute Gasteiger partial charge is 0.0250 e. The zero-order valence-corrected chi connectivity index (χ0v) is 12.4. The van der Waals surface area contributed by atoms with E-state index in [1.807, 2.05) is 0 Å². The highest BCUT2D eigenvalue weighted by Crippen LogP contribution is 2.17. The molecule has 0 spiro atoms. The molecule has 1 aromatic rings. The second kappa shape index (κ2) is 8.36. The van der Waals surface area contributed by atoms with Gasteiger partial charge in [-0.3, -0.25) is 0 Å². The van der Waals surface area contributed by atoms with Gasteiger partial charge in [-0.1, -0.05) is 40.0 Å². The molecule has 2 heteroatoms. The maximum atomic E-state index is 6.06. The zero-order chi connectivity index (χ0) is 13.4. The van der Waals surface area contributed by atoms with Crippen LogP contribution in [0.1, 0.15) is 58.6 Å². The topological polar surface area (TPSA) is 30.9 Å². The Morgan fingerprint density at radius 1 is 1.22 bits per heavy atom. The molecule has 104 valence electrons. The van der Waals surface area contributed by atoms with Crippen molar-refractivity contribution in [2.24, 2.45) is 11.7 Å². The van der Waals surface area contributed by atoms with Gasteiger partial charge in [0.05, 0.1) is 0 Å². The minimum Gasteiger partial charge on any atom is -0.351 e. The summed E-state index contributed by atoms with van der Waals surface area (Å²) < 4.78 is 2.42. The van der Waals surface area contributed by atoms with Gasteiger partial charge in [0, 0.05) is 30.9 Å². The monoisotopic (exact) mass is 250 g/mol. The van der Waals surface area contributed by atoms with Crippen molar-refractivity contribution in [1.29, 1.82) is 0 Å². The largest absolute Gasteiger partial charge is 0.351 e. The molecule has 0 aliphatic heterocycles. The molecule has 18 heavy (non-hydrogen) atoms. The van der Waals surface area contributed by atoms with Crippen LogP contribution in [0.4, 0.5) is 0 Å². The average molecular weight is 250 g/mol. The van der Waals surface area contributed by atoms with E-state index in [1.165, 1.54) is 31.4 Å². The Bertz CT molecular complexity index is 317. The van der Waals surface area contributed by atoms with Gasteiger partial charge in [-0.2, -0.15) is 0 Å². The molecule has 0 radical (unpaired) electrons. The van der Waals surface area contributed by atoms with E-state index in [9.17, 15) is 0 Å². The Labute approximate surface area is 113 Å². The first-order chi connectivity index (χ1) is 8.71. The molecule has 2 N–H and O–H groups in total. The first kappa shape index (κ1) is 15.3. The predicted octanol–water partition coefficient (Wildman–Crippen LogP) is 3.98. The number of nitrogens with zero attached hydrogens (tertiary/aromatic N) is 1. The van der Waals surface area contributed by atoms with Gasteiger partial charge in [0.1, 0.15) is 0 Å². The predicted molar refractivity (Wildman–Crippen MR) is 79.7 cm³/mol. The molecular weight excluding hydrogens is 220 g/mol. The molecule has 0 fully saturated rings. The zero-order valence-electron chi connectivity index (χ0n) is 12.4. The number of unbranched alkanes of at least 4 members (excludes halogenated alkanes) is 1. The summed E-state index contributed by atoms with van der Waals surface area (Å²) in [6.07, 6.45) is 9.56. The highest BCUT2D eigenvalue weighted by molar-refractivity contribution is 5.08. The minimum absolute atomic E-state index is 0.300. The van der Waals surface area contributed by atoms with Gasteiger partial charge in [0.25, 0.3) is 0 Å². The van der Waals surface area contributed by atoms with Crippen LogP contribution >= 0.6 is 0 Å². The maximum absolute atomic E-state index is 6.06. The van der Waals surface area contributed by atoms with Crippen molar-refractivity contribution in [3.05, 3.63) is 24.0 Å². The highest BCUT2D eigenvalue weighted by atomic mass is 15.0. The normalized spacial score (nSPS) is 14.7. The first-order valence-electron chi connectivity index (χ1n) is 7.60. The lowest BCUT2D eigenvalue weighted by molar-refractivity contribution is 0.384. The second-order valence-corrected chi connectivity index (χ2v) is 5.44. The maximum Gasteiger partial charge on any atom is 0.0250 e. The van der Waals surface area contributed by atoms with Crippen molar-refractivity contribution in [3.8, 4) is 0 Å². The van der Waals surface area contributed by atoms with Crippen molar-refractivity contribution >= 4 is 0 Å². The van der Waals surface area contributed by atoms with Gasteiger partial charge >= 0.3 is 0 Å². The van der Waals surface area contributed by atoms with E-state index in [2.05, 4.69) is 43.7 Å². The van der Waals surface area contributed by atoms with E-state index < -0.39 is 0 Å².